The van der Waals surface area contributed by atoms with Crippen molar-refractivity contribution in [3.63, 3.8) is 0 Å². The number of hydrogen-bond donors (Lipinski definition) is 0. The Hall–Kier alpha value is -2.03. The fourth-order valence-electron chi connectivity index (χ4n) is 2.92. The van der Waals surface area contributed by atoms with Gasteiger partial charge in [-0.25, -0.2) is 8.42 Å². The Bertz CT molecular complexity index is 978. The number of hydrogen-bond acceptors (Lipinski definition) is 4. The van der Waals surface area contributed by atoms with Crippen LogP contribution in [0.2, 0.25) is 0 Å². The monoisotopic (exact) mass is 405 g/mol. The molecule has 0 N–H and O–H groups in total. The summed E-state index contributed by atoms with van der Waals surface area (Å²) in [6.45, 7) is 1.17. The first-order valence-corrected chi connectivity index (χ1v) is 11.3. The fourth-order valence-corrected chi connectivity index (χ4v) is 5.17. The molecule has 1 fully saturated rings. The molecule has 0 atom stereocenters. The van der Waals surface area contributed by atoms with Gasteiger partial charge in [0.2, 0.25) is 10.0 Å². The zero-order valence-electron chi connectivity index (χ0n) is 15.2. The molecule has 144 valence electrons. The number of amides is 1. The average Bonchev–Trinajstić information content (AvgIpc) is 2.89. The molecular formula is C19H23N3O3S2. The highest BCUT2D eigenvalue weighted by Crippen LogP contribution is 2.20. The molecule has 0 spiro atoms. The molecule has 1 aromatic heterocycles. The number of aromatic nitrogens is 1. The molecule has 2 aromatic rings. The van der Waals surface area contributed by atoms with Crippen LogP contribution >= 0.6 is 11.3 Å². The molecule has 1 aromatic carbocycles. The third-order valence-electron chi connectivity index (χ3n) is 4.47. The lowest BCUT2D eigenvalue weighted by atomic mass is 10.2. The summed E-state index contributed by atoms with van der Waals surface area (Å²) in [5.41, 5.74) is 0.754. The number of aryl methyl sites for hydroxylation is 1. The van der Waals surface area contributed by atoms with E-state index in [1.807, 2.05) is 18.6 Å². The summed E-state index contributed by atoms with van der Waals surface area (Å²) in [5, 5.41) is 1.86. The summed E-state index contributed by atoms with van der Waals surface area (Å²) >= 11 is 1.39. The second-order valence-electron chi connectivity index (χ2n) is 6.47. The van der Waals surface area contributed by atoms with Gasteiger partial charge in [-0.15, -0.1) is 11.3 Å². The summed E-state index contributed by atoms with van der Waals surface area (Å²) in [4.78, 5) is 16.9. The second kappa shape index (κ2) is 8.77. The van der Waals surface area contributed by atoms with Gasteiger partial charge in [-0.05, 0) is 36.6 Å². The number of nitrogens with zero attached hydrogens (tertiary/aromatic N) is 3. The van der Waals surface area contributed by atoms with Crippen LogP contribution in [0, 0.1) is 0 Å². The maximum Gasteiger partial charge on any atom is 0.272 e. The zero-order chi connectivity index (χ0) is 19.3. The highest BCUT2D eigenvalue weighted by Gasteiger charge is 2.24. The van der Waals surface area contributed by atoms with Crippen LogP contribution in [0.15, 0.2) is 51.8 Å². The fraction of sp³-hybridized carbons (Fsp3) is 0.368. The predicted octanol–water partition coefficient (Wildman–Crippen LogP) is 2.79. The Labute approximate surface area is 163 Å². The third kappa shape index (κ3) is 5.03. The number of carbonyl (C=O) groups is 1. The number of sulfonamides is 1. The van der Waals surface area contributed by atoms with Crippen LogP contribution in [-0.2, 0) is 21.9 Å². The molecule has 3 rings (SSSR count). The number of thiazole rings is 1. The van der Waals surface area contributed by atoms with Gasteiger partial charge in [-0.3, -0.25) is 4.79 Å². The number of rotatable bonds is 4. The molecule has 1 aliphatic heterocycles. The smallest absolute Gasteiger partial charge is 0.272 e. The van der Waals surface area contributed by atoms with Crippen molar-refractivity contribution in [2.24, 2.45) is 12.0 Å². The van der Waals surface area contributed by atoms with E-state index in [4.69, 9.17) is 0 Å². The molecule has 2 heterocycles. The van der Waals surface area contributed by atoms with E-state index in [0.29, 0.717) is 22.8 Å². The van der Waals surface area contributed by atoms with Crippen molar-refractivity contribution >= 4 is 33.3 Å². The molecule has 1 aliphatic rings. The van der Waals surface area contributed by atoms with E-state index < -0.39 is 10.0 Å². The van der Waals surface area contributed by atoms with Crippen molar-refractivity contribution in [3.05, 3.63) is 52.3 Å². The topological polar surface area (TPSA) is 71.7 Å². The van der Waals surface area contributed by atoms with Gasteiger partial charge in [0.05, 0.1) is 4.90 Å². The largest absolute Gasteiger partial charge is 0.327 e. The summed E-state index contributed by atoms with van der Waals surface area (Å²) in [7, 11) is -1.62. The number of benzene rings is 1. The van der Waals surface area contributed by atoms with E-state index in [2.05, 4.69) is 4.99 Å². The Morgan fingerprint density at radius 2 is 1.78 bits per heavy atom. The number of carbonyl (C=O) groups excluding carboxylic acids is 1. The van der Waals surface area contributed by atoms with Crippen LogP contribution in [-0.4, -0.2) is 36.3 Å². The molecule has 1 saturated heterocycles. The van der Waals surface area contributed by atoms with E-state index in [1.54, 1.807) is 39.2 Å². The van der Waals surface area contributed by atoms with Gasteiger partial charge in [0, 0.05) is 37.8 Å². The maximum atomic E-state index is 12.8. The van der Waals surface area contributed by atoms with E-state index in [-0.39, 0.29) is 5.91 Å². The van der Waals surface area contributed by atoms with Crippen molar-refractivity contribution in [1.82, 2.24) is 8.87 Å². The minimum Gasteiger partial charge on any atom is -0.327 e. The van der Waals surface area contributed by atoms with Crippen molar-refractivity contribution in [3.8, 4) is 0 Å². The molecular weight excluding hydrogens is 382 g/mol. The van der Waals surface area contributed by atoms with Gasteiger partial charge in [0.15, 0.2) is 4.80 Å². The van der Waals surface area contributed by atoms with Crippen LogP contribution in [0.3, 0.4) is 0 Å². The van der Waals surface area contributed by atoms with Crippen LogP contribution < -0.4 is 4.80 Å². The molecule has 0 bridgehead atoms. The molecule has 0 saturated carbocycles. The molecule has 6 nitrogen and oxygen atoms in total. The highest BCUT2D eigenvalue weighted by molar-refractivity contribution is 7.89. The summed E-state index contributed by atoms with van der Waals surface area (Å²) in [6.07, 6.45) is 8.85. The van der Waals surface area contributed by atoms with Crippen molar-refractivity contribution in [2.75, 3.05) is 13.1 Å². The van der Waals surface area contributed by atoms with Crippen molar-refractivity contribution in [2.45, 2.75) is 30.6 Å². The maximum absolute atomic E-state index is 12.8. The van der Waals surface area contributed by atoms with Gasteiger partial charge >= 0.3 is 0 Å². The lowest BCUT2D eigenvalue weighted by molar-refractivity contribution is -0.113. The molecule has 27 heavy (non-hydrogen) atoms. The van der Waals surface area contributed by atoms with Gasteiger partial charge in [0.1, 0.15) is 0 Å². The molecule has 0 aliphatic carbocycles. The van der Waals surface area contributed by atoms with E-state index >= 15 is 0 Å². The van der Waals surface area contributed by atoms with Crippen LogP contribution in [0.4, 0.5) is 0 Å². The van der Waals surface area contributed by atoms with Gasteiger partial charge < -0.3 is 4.57 Å². The Morgan fingerprint density at radius 3 is 2.37 bits per heavy atom. The van der Waals surface area contributed by atoms with Gasteiger partial charge in [-0.2, -0.15) is 9.30 Å². The average molecular weight is 406 g/mol. The van der Waals surface area contributed by atoms with Gasteiger partial charge in [0.25, 0.3) is 5.91 Å². The van der Waals surface area contributed by atoms with Crippen molar-refractivity contribution < 1.29 is 13.2 Å². The lowest BCUT2D eigenvalue weighted by Gasteiger charge is -2.19. The van der Waals surface area contributed by atoms with Crippen LogP contribution in [0.25, 0.3) is 6.08 Å². The van der Waals surface area contributed by atoms with E-state index in [1.165, 1.54) is 17.4 Å². The molecule has 8 heteroatoms. The second-order valence-corrected chi connectivity index (χ2v) is 9.28. The Morgan fingerprint density at radius 1 is 1.11 bits per heavy atom. The third-order valence-corrected chi connectivity index (χ3v) is 7.23. The first kappa shape index (κ1) is 19.7. The first-order valence-electron chi connectivity index (χ1n) is 8.94. The minimum atomic E-state index is -3.45. The quantitative estimate of drug-likeness (QED) is 0.735. The predicted molar refractivity (Wildman–Crippen MR) is 107 cm³/mol. The minimum absolute atomic E-state index is 0.295. The van der Waals surface area contributed by atoms with Crippen LogP contribution in [0.5, 0.6) is 0 Å². The van der Waals surface area contributed by atoms with Gasteiger partial charge in [-0.1, -0.05) is 25.0 Å². The summed E-state index contributed by atoms with van der Waals surface area (Å²) in [6, 6.07) is 6.61. The molecule has 0 radical (unpaired) electrons. The summed E-state index contributed by atoms with van der Waals surface area (Å²) < 4.78 is 28.9. The first-order chi connectivity index (χ1) is 13.0. The Balaban J connectivity index is 1.71. The normalized spacial score (nSPS) is 17.3. The van der Waals surface area contributed by atoms with Crippen molar-refractivity contribution in [1.29, 1.82) is 0 Å². The Kier molecular flexibility index (Phi) is 6.41. The van der Waals surface area contributed by atoms with Crippen LogP contribution in [0.1, 0.15) is 31.2 Å². The zero-order valence-corrected chi connectivity index (χ0v) is 16.9. The van der Waals surface area contributed by atoms with E-state index in [9.17, 15) is 13.2 Å². The SMILES string of the molecule is Cn1ccsc1=NC(=O)/C=C/c1ccc(S(=O)(=O)N2CCCCCC2)cc1. The molecule has 1 amide bonds. The summed E-state index contributed by atoms with van der Waals surface area (Å²) in [5.74, 6) is -0.352. The lowest BCUT2D eigenvalue weighted by Crippen LogP contribution is -2.31. The van der Waals surface area contributed by atoms with E-state index in [0.717, 1.165) is 31.2 Å². The molecule has 0 unspecified atom stereocenters. The standard InChI is InChI=1S/C19H23N3O3S2/c1-21-14-15-26-19(21)20-18(23)11-8-16-6-9-17(10-7-16)27(24,25)22-12-4-2-3-5-13-22/h6-11,14-15H,2-5,12-13H2,1H3/b11-8+,20-19?. The highest BCUT2D eigenvalue weighted by atomic mass is 32.2.